The lowest BCUT2D eigenvalue weighted by Gasteiger charge is -2.12. The molecule has 2 rings (SSSR count). The SMILES string of the molecule is CC(=O)Nc1cc(F)c([C@@H]2CNC(=O)C2)c(F)c1.O=C=O. The molecule has 2 amide bonds. The molecule has 21 heavy (non-hydrogen) atoms. The van der Waals surface area contributed by atoms with Crippen LogP contribution in [0.5, 0.6) is 0 Å². The number of anilines is 1. The van der Waals surface area contributed by atoms with Crippen LogP contribution in [0.3, 0.4) is 0 Å². The van der Waals surface area contributed by atoms with Gasteiger partial charge < -0.3 is 10.6 Å². The van der Waals surface area contributed by atoms with E-state index < -0.39 is 23.5 Å². The summed E-state index contributed by atoms with van der Waals surface area (Å²) in [7, 11) is 0. The summed E-state index contributed by atoms with van der Waals surface area (Å²) in [5.74, 6) is -2.62. The third-order valence-corrected chi connectivity index (χ3v) is 2.79. The normalized spacial score (nSPS) is 16.3. The van der Waals surface area contributed by atoms with Crippen molar-refractivity contribution in [3.63, 3.8) is 0 Å². The van der Waals surface area contributed by atoms with Crippen molar-refractivity contribution in [3.8, 4) is 0 Å². The van der Waals surface area contributed by atoms with Crippen LogP contribution in [0.2, 0.25) is 0 Å². The molecular weight excluding hydrogens is 286 g/mol. The van der Waals surface area contributed by atoms with E-state index in [0.717, 1.165) is 12.1 Å². The number of carbonyl (C=O) groups is 2. The van der Waals surface area contributed by atoms with Gasteiger partial charge in [0.15, 0.2) is 0 Å². The molecule has 0 spiro atoms. The monoisotopic (exact) mass is 298 g/mol. The van der Waals surface area contributed by atoms with Gasteiger partial charge in [0.1, 0.15) is 11.6 Å². The maximum absolute atomic E-state index is 13.8. The number of nitrogens with one attached hydrogen (secondary N) is 2. The maximum Gasteiger partial charge on any atom is 0.373 e. The van der Waals surface area contributed by atoms with Crippen LogP contribution in [0.4, 0.5) is 14.5 Å². The van der Waals surface area contributed by atoms with Gasteiger partial charge in [-0.05, 0) is 12.1 Å². The molecule has 8 heteroatoms. The Morgan fingerprint density at radius 3 is 2.24 bits per heavy atom. The molecule has 2 N–H and O–H groups in total. The van der Waals surface area contributed by atoms with Crippen LogP contribution in [0, 0.1) is 11.6 Å². The molecule has 1 saturated heterocycles. The lowest BCUT2D eigenvalue weighted by atomic mass is 9.96. The Morgan fingerprint density at radius 2 is 1.86 bits per heavy atom. The smallest absolute Gasteiger partial charge is 0.355 e. The van der Waals surface area contributed by atoms with Crippen LogP contribution >= 0.6 is 0 Å². The summed E-state index contributed by atoms with van der Waals surface area (Å²) >= 11 is 0. The van der Waals surface area contributed by atoms with Gasteiger partial charge in [-0.3, -0.25) is 9.59 Å². The Kier molecular flexibility index (Phi) is 5.68. The average molecular weight is 298 g/mol. The Bertz CT molecular complexity index is 575. The van der Waals surface area contributed by atoms with Gasteiger partial charge in [-0.25, -0.2) is 8.78 Å². The fraction of sp³-hybridized carbons (Fsp3) is 0.308. The highest BCUT2D eigenvalue weighted by atomic mass is 19.1. The second kappa shape index (κ2) is 7.25. The molecule has 0 aliphatic carbocycles. The Morgan fingerprint density at radius 1 is 1.33 bits per heavy atom. The average Bonchev–Trinajstić information content (AvgIpc) is 2.74. The van der Waals surface area contributed by atoms with Crippen molar-refractivity contribution < 1.29 is 28.0 Å². The summed E-state index contributed by atoms with van der Waals surface area (Å²) in [6.45, 7) is 1.48. The van der Waals surface area contributed by atoms with Crippen LogP contribution in [0.25, 0.3) is 0 Å². The van der Waals surface area contributed by atoms with E-state index in [1.807, 2.05) is 0 Å². The molecule has 0 radical (unpaired) electrons. The lowest BCUT2D eigenvalue weighted by Crippen LogP contribution is -2.14. The first-order chi connectivity index (χ1) is 9.88. The van der Waals surface area contributed by atoms with Crippen molar-refractivity contribution >= 4 is 23.7 Å². The van der Waals surface area contributed by atoms with Crippen LogP contribution in [0.15, 0.2) is 12.1 Å². The van der Waals surface area contributed by atoms with Crippen LogP contribution in [-0.2, 0) is 19.2 Å². The van der Waals surface area contributed by atoms with Crippen molar-refractivity contribution in [2.75, 3.05) is 11.9 Å². The van der Waals surface area contributed by atoms with Crippen LogP contribution < -0.4 is 10.6 Å². The Balaban J connectivity index is 0.000000677. The minimum Gasteiger partial charge on any atom is -0.355 e. The van der Waals surface area contributed by atoms with Crippen molar-refractivity contribution in [2.24, 2.45) is 0 Å². The standard InChI is InChI=1S/C12H12F2N2O2.CO2/c1-6(17)16-8-3-9(13)12(10(14)4-8)7-2-11(18)15-5-7;2-1-3/h3-4,7H,2,5H2,1H3,(H,15,18)(H,16,17);/t7-;/m0./s1. The number of hydrogen-bond acceptors (Lipinski definition) is 4. The van der Waals surface area contributed by atoms with Gasteiger partial charge >= 0.3 is 6.15 Å². The summed E-state index contributed by atoms with van der Waals surface area (Å²) in [5, 5.41) is 4.84. The molecule has 1 aliphatic heterocycles. The molecule has 1 aromatic rings. The summed E-state index contributed by atoms with van der Waals surface area (Å²) in [5.41, 5.74) is -0.0408. The van der Waals surface area contributed by atoms with Crippen LogP contribution in [-0.4, -0.2) is 24.5 Å². The molecule has 1 aromatic carbocycles. The number of halogens is 2. The topological polar surface area (TPSA) is 92.3 Å². The maximum atomic E-state index is 13.8. The van der Waals surface area contributed by atoms with Gasteiger partial charge in [0.25, 0.3) is 0 Å². The van der Waals surface area contributed by atoms with Gasteiger partial charge in [-0.2, -0.15) is 9.59 Å². The van der Waals surface area contributed by atoms with E-state index in [2.05, 4.69) is 10.6 Å². The number of hydrogen-bond donors (Lipinski definition) is 2. The first kappa shape index (κ1) is 16.5. The largest absolute Gasteiger partial charge is 0.373 e. The molecule has 1 atom stereocenters. The molecular formula is C13H12F2N2O4. The quantitative estimate of drug-likeness (QED) is 0.850. The summed E-state index contributed by atoms with van der Waals surface area (Å²) in [6, 6.07) is 2.12. The lowest BCUT2D eigenvalue weighted by molar-refractivity contribution is -0.191. The van der Waals surface area contributed by atoms with Crippen molar-refractivity contribution in [3.05, 3.63) is 29.3 Å². The predicted molar refractivity (Wildman–Crippen MR) is 66.0 cm³/mol. The Labute approximate surface area is 118 Å². The molecule has 1 fully saturated rings. The van der Waals surface area contributed by atoms with Gasteiger partial charge in [-0.1, -0.05) is 0 Å². The fourth-order valence-corrected chi connectivity index (χ4v) is 2.06. The highest BCUT2D eigenvalue weighted by molar-refractivity contribution is 5.88. The molecule has 1 heterocycles. The summed E-state index contributed by atoms with van der Waals surface area (Å²) < 4.78 is 27.6. The molecule has 0 aromatic heterocycles. The van der Waals surface area contributed by atoms with E-state index in [1.54, 1.807) is 0 Å². The molecule has 0 bridgehead atoms. The highest BCUT2D eigenvalue weighted by Gasteiger charge is 2.28. The minimum absolute atomic E-state index is 0.0681. The summed E-state index contributed by atoms with van der Waals surface area (Å²) in [6.07, 6.45) is 0.327. The van der Waals surface area contributed by atoms with E-state index in [4.69, 9.17) is 9.59 Å². The van der Waals surface area contributed by atoms with E-state index in [0.29, 0.717) is 0 Å². The molecule has 0 unspecified atom stereocenters. The van der Waals surface area contributed by atoms with Crippen molar-refractivity contribution in [1.82, 2.24) is 5.32 Å². The van der Waals surface area contributed by atoms with Gasteiger partial charge in [-0.15, -0.1) is 0 Å². The summed E-state index contributed by atoms with van der Waals surface area (Å²) in [4.78, 5) is 38.1. The first-order valence-corrected chi connectivity index (χ1v) is 5.91. The number of amides is 2. The van der Waals surface area contributed by atoms with Crippen molar-refractivity contribution in [2.45, 2.75) is 19.3 Å². The van der Waals surface area contributed by atoms with E-state index >= 15 is 0 Å². The molecule has 0 saturated carbocycles. The molecule has 1 aliphatic rings. The molecule has 112 valence electrons. The fourth-order valence-electron chi connectivity index (χ4n) is 2.06. The zero-order valence-corrected chi connectivity index (χ0v) is 11.0. The second-order valence-corrected chi connectivity index (χ2v) is 4.32. The predicted octanol–water partition coefficient (Wildman–Crippen LogP) is 0.943. The van der Waals surface area contributed by atoms with E-state index in [-0.39, 0.29) is 36.3 Å². The minimum atomic E-state index is -0.750. The highest BCUT2D eigenvalue weighted by Crippen LogP contribution is 2.30. The second-order valence-electron chi connectivity index (χ2n) is 4.32. The van der Waals surface area contributed by atoms with E-state index in [1.165, 1.54) is 6.92 Å². The van der Waals surface area contributed by atoms with E-state index in [9.17, 15) is 18.4 Å². The Hall–Kier alpha value is -2.60. The third-order valence-electron chi connectivity index (χ3n) is 2.79. The third kappa shape index (κ3) is 4.47. The van der Waals surface area contributed by atoms with Gasteiger partial charge in [0.05, 0.1) is 0 Å². The van der Waals surface area contributed by atoms with Gasteiger partial charge in [0.2, 0.25) is 11.8 Å². The number of carbonyl (C=O) groups excluding carboxylic acids is 4. The first-order valence-electron chi connectivity index (χ1n) is 5.91. The number of benzene rings is 1. The van der Waals surface area contributed by atoms with Crippen molar-refractivity contribution in [1.29, 1.82) is 0 Å². The van der Waals surface area contributed by atoms with Gasteiger partial charge in [0, 0.05) is 37.1 Å². The zero-order valence-electron chi connectivity index (χ0n) is 11.0. The zero-order chi connectivity index (χ0) is 16.0. The molecule has 6 nitrogen and oxygen atoms in total. The number of rotatable bonds is 2. The van der Waals surface area contributed by atoms with Crippen LogP contribution in [0.1, 0.15) is 24.8 Å².